The molecule has 0 spiro atoms. The van der Waals surface area contributed by atoms with E-state index in [2.05, 4.69) is 73.1 Å². The van der Waals surface area contributed by atoms with E-state index in [-0.39, 0.29) is 0 Å². The molecule has 0 aromatic heterocycles. The van der Waals surface area contributed by atoms with E-state index in [0.29, 0.717) is 17.9 Å². The first kappa shape index (κ1) is 18.4. The van der Waals surface area contributed by atoms with Gasteiger partial charge in [-0.3, -0.25) is 9.80 Å². The lowest BCUT2D eigenvalue weighted by atomic mass is 10.0. The number of rotatable bonds is 8. The molecular weight excluding hydrogens is 282 g/mol. The summed E-state index contributed by atoms with van der Waals surface area (Å²) in [5, 5.41) is 3.47. The van der Waals surface area contributed by atoms with Gasteiger partial charge in [-0.05, 0) is 17.4 Å². The standard InChI is InChI=1S/C20H35N3/c1-17(2)14-23(15-18(3)4)20(19-8-6-5-7-9-19)16-22-12-10-21-11-13-22/h5-9,17-18,20-21H,10-16H2,1-4H3. The van der Waals surface area contributed by atoms with Crippen LogP contribution in [0.2, 0.25) is 0 Å². The molecule has 23 heavy (non-hydrogen) atoms. The van der Waals surface area contributed by atoms with Crippen LogP contribution in [0.15, 0.2) is 30.3 Å². The monoisotopic (exact) mass is 317 g/mol. The average molecular weight is 318 g/mol. The van der Waals surface area contributed by atoms with Crippen molar-refractivity contribution in [3.05, 3.63) is 35.9 Å². The molecule has 1 fully saturated rings. The van der Waals surface area contributed by atoms with Crippen molar-refractivity contribution in [2.24, 2.45) is 11.8 Å². The summed E-state index contributed by atoms with van der Waals surface area (Å²) in [6, 6.07) is 11.6. The second-order valence-corrected chi connectivity index (χ2v) is 7.72. The van der Waals surface area contributed by atoms with Crippen LogP contribution in [0.1, 0.15) is 39.3 Å². The third-order valence-electron chi connectivity index (χ3n) is 4.47. The molecule has 130 valence electrons. The van der Waals surface area contributed by atoms with Crippen LogP contribution in [-0.2, 0) is 0 Å². The highest BCUT2D eigenvalue weighted by Gasteiger charge is 2.25. The summed E-state index contributed by atoms with van der Waals surface area (Å²) in [6.45, 7) is 17.4. The van der Waals surface area contributed by atoms with Gasteiger partial charge in [0.05, 0.1) is 0 Å². The third-order valence-corrected chi connectivity index (χ3v) is 4.47. The Hall–Kier alpha value is -0.900. The molecule has 1 heterocycles. The minimum Gasteiger partial charge on any atom is -0.314 e. The minimum atomic E-state index is 0.499. The van der Waals surface area contributed by atoms with Crippen molar-refractivity contribution >= 4 is 0 Å². The second kappa shape index (κ2) is 9.41. The average Bonchev–Trinajstić information content (AvgIpc) is 2.53. The van der Waals surface area contributed by atoms with E-state index in [4.69, 9.17) is 0 Å². The van der Waals surface area contributed by atoms with Gasteiger partial charge in [0.15, 0.2) is 0 Å². The molecule has 1 unspecified atom stereocenters. The number of piperazine rings is 1. The zero-order valence-corrected chi connectivity index (χ0v) is 15.5. The highest BCUT2D eigenvalue weighted by Crippen LogP contribution is 2.24. The summed E-state index contributed by atoms with van der Waals surface area (Å²) < 4.78 is 0. The molecule has 3 nitrogen and oxygen atoms in total. The highest BCUT2D eigenvalue weighted by molar-refractivity contribution is 5.19. The van der Waals surface area contributed by atoms with Crippen molar-refractivity contribution in [1.82, 2.24) is 15.1 Å². The largest absolute Gasteiger partial charge is 0.314 e. The van der Waals surface area contributed by atoms with E-state index >= 15 is 0 Å². The smallest absolute Gasteiger partial charge is 0.0475 e. The number of nitrogens with zero attached hydrogens (tertiary/aromatic N) is 2. The van der Waals surface area contributed by atoms with Gasteiger partial charge >= 0.3 is 0 Å². The lowest BCUT2D eigenvalue weighted by molar-refractivity contribution is 0.107. The molecule has 2 rings (SSSR count). The van der Waals surface area contributed by atoms with E-state index < -0.39 is 0 Å². The van der Waals surface area contributed by atoms with Crippen LogP contribution in [0.5, 0.6) is 0 Å². The first-order chi connectivity index (χ1) is 11.1. The summed E-state index contributed by atoms with van der Waals surface area (Å²) in [5.41, 5.74) is 1.47. The summed E-state index contributed by atoms with van der Waals surface area (Å²) >= 11 is 0. The maximum Gasteiger partial charge on any atom is 0.0475 e. The molecule has 1 aromatic carbocycles. The molecule has 0 saturated carbocycles. The van der Waals surface area contributed by atoms with Crippen molar-refractivity contribution in [1.29, 1.82) is 0 Å². The Bertz CT molecular complexity index is 414. The molecule has 1 aliphatic rings. The van der Waals surface area contributed by atoms with Gasteiger partial charge < -0.3 is 5.32 Å². The lowest BCUT2D eigenvalue weighted by Gasteiger charge is -2.39. The number of nitrogens with one attached hydrogen (secondary N) is 1. The van der Waals surface area contributed by atoms with Crippen LogP contribution < -0.4 is 5.32 Å². The Morgan fingerprint density at radius 1 is 0.957 bits per heavy atom. The molecule has 0 bridgehead atoms. The fraction of sp³-hybridized carbons (Fsp3) is 0.700. The van der Waals surface area contributed by atoms with Crippen LogP contribution in [0.25, 0.3) is 0 Å². The van der Waals surface area contributed by atoms with Gasteiger partial charge in [-0.15, -0.1) is 0 Å². The topological polar surface area (TPSA) is 18.5 Å². The molecule has 0 amide bonds. The van der Waals surface area contributed by atoms with E-state index in [0.717, 1.165) is 19.6 Å². The Labute approximate surface area is 143 Å². The predicted octanol–water partition coefficient (Wildman–Crippen LogP) is 3.25. The van der Waals surface area contributed by atoms with Crippen molar-refractivity contribution in [2.75, 3.05) is 45.8 Å². The van der Waals surface area contributed by atoms with Crippen LogP contribution in [0.4, 0.5) is 0 Å². The van der Waals surface area contributed by atoms with Crippen molar-refractivity contribution in [2.45, 2.75) is 33.7 Å². The van der Waals surface area contributed by atoms with Gasteiger partial charge in [-0.25, -0.2) is 0 Å². The van der Waals surface area contributed by atoms with Gasteiger partial charge in [0.2, 0.25) is 0 Å². The maximum absolute atomic E-state index is 3.47. The lowest BCUT2D eigenvalue weighted by Crippen LogP contribution is -2.48. The normalized spacial score (nSPS) is 18.0. The van der Waals surface area contributed by atoms with E-state index in [1.807, 2.05) is 0 Å². The van der Waals surface area contributed by atoms with Gasteiger partial charge in [0, 0.05) is 51.9 Å². The molecule has 1 aliphatic heterocycles. The molecule has 1 saturated heterocycles. The zero-order chi connectivity index (χ0) is 16.7. The Balaban J connectivity index is 2.18. The summed E-state index contributed by atoms with van der Waals surface area (Å²) in [4.78, 5) is 5.34. The van der Waals surface area contributed by atoms with E-state index in [1.54, 1.807) is 0 Å². The predicted molar refractivity (Wildman–Crippen MR) is 99.7 cm³/mol. The fourth-order valence-corrected chi connectivity index (χ4v) is 3.51. The van der Waals surface area contributed by atoms with Gasteiger partial charge in [-0.2, -0.15) is 0 Å². The number of hydrogen-bond acceptors (Lipinski definition) is 3. The minimum absolute atomic E-state index is 0.499. The van der Waals surface area contributed by atoms with E-state index in [1.165, 1.54) is 31.7 Å². The van der Waals surface area contributed by atoms with Gasteiger partial charge in [0.25, 0.3) is 0 Å². The quantitative estimate of drug-likeness (QED) is 0.794. The maximum atomic E-state index is 3.47. The Kier molecular flexibility index (Phi) is 7.54. The molecule has 1 N–H and O–H groups in total. The van der Waals surface area contributed by atoms with Crippen LogP contribution in [0, 0.1) is 11.8 Å². The van der Waals surface area contributed by atoms with Crippen molar-refractivity contribution < 1.29 is 0 Å². The number of hydrogen-bond donors (Lipinski definition) is 1. The van der Waals surface area contributed by atoms with Crippen molar-refractivity contribution in [3.8, 4) is 0 Å². The van der Waals surface area contributed by atoms with Crippen molar-refractivity contribution in [3.63, 3.8) is 0 Å². The first-order valence-corrected chi connectivity index (χ1v) is 9.28. The molecule has 1 atom stereocenters. The third kappa shape index (κ3) is 6.25. The Morgan fingerprint density at radius 2 is 1.52 bits per heavy atom. The molecular formula is C20H35N3. The summed E-state index contributed by atoms with van der Waals surface area (Å²) in [6.07, 6.45) is 0. The second-order valence-electron chi connectivity index (χ2n) is 7.72. The van der Waals surface area contributed by atoms with Gasteiger partial charge in [-0.1, -0.05) is 58.0 Å². The van der Waals surface area contributed by atoms with Crippen LogP contribution in [0.3, 0.4) is 0 Å². The van der Waals surface area contributed by atoms with Gasteiger partial charge in [0.1, 0.15) is 0 Å². The summed E-state index contributed by atoms with van der Waals surface area (Å²) in [5.74, 6) is 1.39. The highest BCUT2D eigenvalue weighted by atomic mass is 15.2. The van der Waals surface area contributed by atoms with E-state index in [9.17, 15) is 0 Å². The first-order valence-electron chi connectivity index (χ1n) is 9.28. The molecule has 1 aromatic rings. The van der Waals surface area contributed by atoms with Crippen LogP contribution >= 0.6 is 0 Å². The summed E-state index contributed by atoms with van der Waals surface area (Å²) in [7, 11) is 0. The number of benzene rings is 1. The Morgan fingerprint density at radius 3 is 2.04 bits per heavy atom. The molecule has 0 aliphatic carbocycles. The van der Waals surface area contributed by atoms with Crippen LogP contribution in [-0.4, -0.2) is 55.6 Å². The SMILES string of the molecule is CC(C)CN(CC(C)C)C(CN1CCNCC1)c1ccccc1. The molecule has 0 radical (unpaired) electrons. The molecule has 3 heteroatoms. The zero-order valence-electron chi connectivity index (χ0n) is 15.5. The fourth-order valence-electron chi connectivity index (χ4n) is 3.51.